The zero-order valence-electron chi connectivity index (χ0n) is 8.80. The Hall–Kier alpha value is -0.820. The third-order valence-corrected chi connectivity index (χ3v) is 2.57. The molecule has 96 valence electrons. The minimum atomic E-state index is -4.44. The molecular formula is C10H11BrF3NO2. The van der Waals surface area contributed by atoms with E-state index in [4.69, 9.17) is 9.84 Å². The normalized spacial score (nSPS) is 11.6. The summed E-state index contributed by atoms with van der Waals surface area (Å²) >= 11 is 2.79. The minimum Gasteiger partial charge on any atom is -0.478 e. The van der Waals surface area contributed by atoms with Crippen molar-refractivity contribution in [3.63, 3.8) is 0 Å². The van der Waals surface area contributed by atoms with Gasteiger partial charge in [0.15, 0.2) is 0 Å². The molecule has 1 heterocycles. The molecule has 1 N–H and O–H groups in total. The number of hydrogen-bond acceptors (Lipinski definition) is 3. The Morgan fingerprint density at radius 3 is 2.65 bits per heavy atom. The fraction of sp³-hybridized carbons (Fsp3) is 0.500. The second kappa shape index (κ2) is 6.20. The average Bonchev–Trinajstić information content (AvgIpc) is 2.25. The highest BCUT2D eigenvalue weighted by molar-refractivity contribution is 9.10. The molecule has 0 spiro atoms. The van der Waals surface area contributed by atoms with Crippen LogP contribution in [0.5, 0.6) is 5.88 Å². The maximum absolute atomic E-state index is 12.5. The number of halogens is 4. The summed E-state index contributed by atoms with van der Waals surface area (Å²) in [6.07, 6.45) is -2.27. The van der Waals surface area contributed by atoms with Crippen molar-refractivity contribution >= 4 is 15.9 Å². The maximum Gasteiger partial charge on any atom is 0.417 e. The van der Waals surface area contributed by atoms with Gasteiger partial charge in [-0.3, -0.25) is 0 Å². The molecule has 17 heavy (non-hydrogen) atoms. The Bertz CT molecular complexity index is 371. The van der Waals surface area contributed by atoms with E-state index in [-0.39, 0.29) is 23.6 Å². The SMILES string of the molecule is OCCCCOc1cc(C(F)(F)F)c(Br)cn1. The van der Waals surface area contributed by atoms with Crippen molar-refractivity contribution in [1.29, 1.82) is 0 Å². The van der Waals surface area contributed by atoms with Crippen molar-refractivity contribution < 1.29 is 23.0 Å². The van der Waals surface area contributed by atoms with E-state index in [1.165, 1.54) is 0 Å². The molecule has 0 atom stereocenters. The van der Waals surface area contributed by atoms with Gasteiger partial charge in [0.2, 0.25) is 5.88 Å². The molecular weight excluding hydrogens is 303 g/mol. The Morgan fingerprint density at radius 1 is 1.35 bits per heavy atom. The van der Waals surface area contributed by atoms with Crippen LogP contribution in [0.2, 0.25) is 0 Å². The van der Waals surface area contributed by atoms with Crippen LogP contribution in [0.4, 0.5) is 13.2 Å². The van der Waals surface area contributed by atoms with Gasteiger partial charge in [0.1, 0.15) is 0 Å². The molecule has 0 amide bonds. The van der Waals surface area contributed by atoms with E-state index < -0.39 is 11.7 Å². The van der Waals surface area contributed by atoms with Gasteiger partial charge in [-0.15, -0.1) is 0 Å². The molecule has 0 aromatic carbocycles. The highest BCUT2D eigenvalue weighted by atomic mass is 79.9. The maximum atomic E-state index is 12.5. The molecule has 0 aliphatic carbocycles. The van der Waals surface area contributed by atoms with Crippen LogP contribution in [-0.4, -0.2) is 23.3 Å². The third kappa shape index (κ3) is 4.51. The van der Waals surface area contributed by atoms with Crippen LogP contribution >= 0.6 is 15.9 Å². The van der Waals surface area contributed by atoms with Gasteiger partial charge in [-0.05, 0) is 28.8 Å². The first kappa shape index (κ1) is 14.2. The van der Waals surface area contributed by atoms with Crippen molar-refractivity contribution in [3.05, 3.63) is 22.3 Å². The summed E-state index contributed by atoms with van der Waals surface area (Å²) in [5.74, 6) is -0.0709. The Labute approximate surface area is 105 Å². The van der Waals surface area contributed by atoms with Gasteiger partial charge in [0, 0.05) is 23.3 Å². The van der Waals surface area contributed by atoms with Gasteiger partial charge in [0.25, 0.3) is 0 Å². The number of rotatable bonds is 5. The van der Waals surface area contributed by atoms with Crippen LogP contribution in [0.3, 0.4) is 0 Å². The number of ether oxygens (including phenoxy) is 1. The lowest BCUT2D eigenvalue weighted by atomic mass is 10.2. The third-order valence-electron chi connectivity index (χ3n) is 1.94. The first-order valence-electron chi connectivity index (χ1n) is 4.91. The van der Waals surface area contributed by atoms with E-state index >= 15 is 0 Å². The van der Waals surface area contributed by atoms with Crippen LogP contribution in [0.25, 0.3) is 0 Å². The van der Waals surface area contributed by atoms with E-state index in [0.717, 1.165) is 12.3 Å². The Balaban J connectivity index is 2.69. The highest BCUT2D eigenvalue weighted by Crippen LogP contribution is 2.35. The predicted molar refractivity (Wildman–Crippen MR) is 58.8 cm³/mol. The van der Waals surface area contributed by atoms with Crippen LogP contribution < -0.4 is 4.74 Å². The van der Waals surface area contributed by atoms with Gasteiger partial charge in [0.05, 0.1) is 12.2 Å². The second-order valence-corrected chi connectivity index (χ2v) is 4.13. The molecule has 0 aliphatic rings. The number of aliphatic hydroxyl groups is 1. The Morgan fingerprint density at radius 2 is 2.06 bits per heavy atom. The van der Waals surface area contributed by atoms with Gasteiger partial charge in [-0.25, -0.2) is 4.98 Å². The molecule has 0 saturated heterocycles. The summed E-state index contributed by atoms with van der Waals surface area (Å²) in [7, 11) is 0. The Kier molecular flexibility index (Phi) is 5.20. The van der Waals surface area contributed by atoms with E-state index in [0.29, 0.717) is 12.8 Å². The summed E-state index contributed by atoms with van der Waals surface area (Å²) in [6.45, 7) is 0.261. The van der Waals surface area contributed by atoms with Gasteiger partial charge in [-0.1, -0.05) is 0 Å². The number of pyridine rings is 1. The zero-order valence-corrected chi connectivity index (χ0v) is 10.4. The summed E-state index contributed by atoms with van der Waals surface area (Å²) in [5.41, 5.74) is -0.815. The molecule has 7 heteroatoms. The highest BCUT2D eigenvalue weighted by Gasteiger charge is 2.33. The number of aliphatic hydroxyl groups excluding tert-OH is 1. The number of alkyl halides is 3. The van der Waals surface area contributed by atoms with E-state index in [1.807, 2.05) is 0 Å². The number of nitrogens with zero attached hydrogens (tertiary/aromatic N) is 1. The second-order valence-electron chi connectivity index (χ2n) is 3.28. The molecule has 0 bridgehead atoms. The molecule has 3 nitrogen and oxygen atoms in total. The number of unbranched alkanes of at least 4 members (excludes halogenated alkanes) is 1. The molecule has 1 aromatic rings. The quantitative estimate of drug-likeness (QED) is 0.850. The lowest BCUT2D eigenvalue weighted by molar-refractivity contribution is -0.138. The lowest BCUT2D eigenvalue weighted by Gasteiger charge is -2.11. The summed E-state index contributed by atoms with van der Waals surface area (Å²) in [4.78, 5) is 3.72. The van der Waals surface area contributed by atoms with Crippen molar-refractivity contribution in [3.8, 4) is 5.88 Å². The first-order chi connectivity index (χ1) is 7.95. The molecule has 0 saturated carbocycles. The first-order valence-corrected chi connectivity index (χ1v) is 5.71. The lowest BCUT2D eigenvalue weighted by Crippen LogP contribution is -2.08. The fourth-order valence-electron chi connectivity index (χ4n) is 1.11. The van der Waals surface area contributed by atoms with E-state index in [1.54, 1.807) is 0 Å². The number of aromatic nitrogens is 1. The van der Waals surface area contributed by atoms with E-state index in [2.05, 4.69) is 20.9 Å². The van der Waals surface area contributed by atoms with Crippen LogP contribution in [0.1, 0.15) is 18.4 Å². The fourth-order valence-corrected chi connectivity index (χ4v) is 1.55. The smallest absolute Gasteiger partial charge is 0.417 e. The summed E-state index contributed by atoms with van der Waals surface area (Å²) in [6, 6.07) is 0.850. The largest absolute Gasteiger partial charge is 0.478 e. The van der Waals surface area contributed by atoms with Crippen molar-refractivity contribution in [2.24, 2.45) is 0 Å². The van der Waals surface area contributed by atoms with Gasteiger partial charge in [-0.2, -0.15) is 13.2 Å². The molecule has 1 aromatic heterocycles. The molecule has 0 radical (unpaired) electrons. The molecule has 0 aliphatic heterocycles. The van der Waals surface area contributed by atoms with Crippen LogP contribution in [0, 0.1) is 0 Å². The molecule has 1 rings (SSSR count). The zero-order chi connectivity index (χ0) is 12.9. The van der Waals surface area contributed by atoms with Gasteiger partial charge >= 0.3 is 6.18 Å². The summed E-state index contributed by atoms with van der Waals surface area (Å²) in [5, 5.41) is 8.52. The van der Waals surface area contributed by atoms with Crippen molar-refractivity contribution in [2.45, 2.75) is 19.0 Å². The standard InChI is InChI=1S/C10H11BrF3NO2/c11-8-6-15-9(17-4-2-1-3-16)5-7(8)10(12,13)14/h5-6,16H,1-4H2. The molecule has 0 unspecified atom stereocenters. The average molecular weight is 314 g/mol. The van der Waals surface area contributed by atoms with Crippen LogP contribution in [-0.2, 0) is 6.18 Å². The summed E-state index contributed by atoms with van der Waals surface area (Å²) < 4.78 is 42.5. The van der Waals surface area contributed by atoms with E-state index in [9.17, 15) is 13.2 Å². The van der Waals surface area contributed by atoms with Crippen LogP contribution in [0.15, 0.2) is 16.7 Å². The molecule has 0 fully saturated rings. The predicted octanol–water partition coefficient (Wildman–Crippen LogP) is 3.01. The van der Waals surface area contributed by atoms with Gasteiger partial charge < -0.3 is 9.84 Å². The minimum absolute atomic E-state index is 0.0327. The van der Waals surface area contributed by atoms with Crippen molar-refractivity contribution in [1.82, 2.24) is 4.98 Å². The number of hydrogen-bond donors (Lipinski definition) is 1. The topological polar surface area (TPSA) is 42.4 Å². The van der Waals surface area contributed by atoms with Crippen molar-refractivity contribution in [2.75, 3.05) is 13.2 Å². The monoisotopic (exact) mass is 313 g/mol.